The number of aromatic nitrogens is 2. The minimum absolute atomic E-state index is 0.0898. The molecule has 0 aromatic carbocycles. The van der Waals surface area contributed by atoms with Crippen LogP contribution >= 0.6 is 11.6 Å². The van der Waals surface area contributed by atoms with Crippen LogP contribution < -0.4 is 0 Å². The van der Waals surface area contributed by atoms with E-state index in [0.29, 0.717) is 11.3 Å². The Morgan fingerprint density at radius 2 is 2.18 bits per heavy atom. The second-order valence-corrected chi connectivity index (χ2v) is 2.60. The van der Waals surface area contributed by atoms with Crippen LogP contribution in [0, 0.1) is 6.92 Å². The highest BCUT2D eigenvalue weighted by atomic mass is 35.5. The molecule has 0 bridgehead atoms. The van der Waals surface area contributed by atoms with Gasteiger partial charge in [0.15, 0.2) is 10.9 Å². The average molecular weight is 171 g/mol. The van der Waals surface area contributed by atoms with Gasteiger partial charge in [0.05, 0.1) is 11.3 Å². The van der Waals surface area contributed by atoms with Crippen LogP contribution in [-0.4, -0.2) is 16.0 Å². The van der Waals surface area contributed by atoms with Crippen molar-refractivity contribution in [2.75, 3.05) is 0 Å². The fourth-order valence-corrected chi connectivity index (χ4v) is 0.946. The Hall–Kier alpha value is -0.960. The molecule has 0 saturated heterocycles. The molecule has 58 valence electrons. The smallest absolute Gasteiger partial charge is 0.163 e. The highest BCUT2D eigenvalue weighted by molar-refractivity contribution is 6.32. The van der Waals surface area contributed by atoms with Gasteiger partial charge in [0.25, 0.3) is 0 Å². The summed E-state index contributed by atoms with van der Waals surface area (Å²) in [5, 5.41) is 7.45. The van der Waals surface area contributed by atoms with Gasteiger partial charge in [-0.15, -0.1) is 5.10 Å². The molecule has 0 fully saturated rings. The first kappa shape index (κ1) is 8.14. The normalized spacial score (nSPS) is 9.73. The largest absolute Gasteiger partial charge is 0.294 e. The topological polar surface area (TPSA) is 42.9 Å². The van der Waals surface area contributed by atoms with Gasteiger partial charge in [0.2, 0.25) is 0 Å². The van der Waals surface area contributed by atoms with Gasteiger partial charge in [-0.05, 0) is 19.9 Å². The third-order valence-corrected chi connectivity index (χ3v) is 1.53. The molecular weight excluding hydrogens is 164 g/mol. The molecule has 1 heterocycles. The minimum atomic E-state index is -0.0898. The Morgan fingerprint density at radius 1 is 1.55 bits per heavy atom. The van der Waals surface area contributed by atoms with Crippen LogP contribution in [0.4, 0.5) is 0 Å². The maximum atomic E-state index is 10.9. The zero-order valence-corrected chi connectivity index (χ0v) is 7.01. The van der Waals surface area contributed by atoms with Crippen molar-refractivity contribution in [3.8, 4) is 0 Å². The molecule has 4 heteroatoms. The standard InChI is InChI=1S/C7H7ClN2O/c1-4-3-6(5(2)11)7(8)10-9-4/h3H,1-2H3. The van der Waals surface area contributed by atoms with Crippen LogP contribution in [0.5, 0.6) is 0 Å². The highest BCUT2D eigenvalue weighted by Crippen LogP contribution is 2.12. The molecule has 3 nitrogen and oxygen atoms in total. The van der Waals surface area contributed by atoms with Crippen molar-refractivity contribution in [1.29, 1.82) is 0 Å². The molecule has 0 N–H and O–H groups in total. The van der Waals surface area contributed by atoms with Crippen LogP contribution in [-0.2, 0) is 0 Å². The molecule has 0 spiro atoms. The molecule has 0 atom stereocenters. The quantitative estimate of drug-likeness (QED) is 0.602. The Kier molecular flexibility index (Phi) is 2.19. The van der Waals surface area contributed by atoms with Gasteiger partial charge in [0.1, 0.15) is 0 Å². The van der Waals surface area contributed by atoms with E-state index in [4.69, 9.17) is 11.6 Å². The first-order valence-corrected chi connectivity index (χ1v) is 3.50. The van der Waals surface area contributed by atoms with Gasteiger partial charge < -0.3 is 0 Å². The average Bonchev–Trinajstić information content (AvgIpc) is 1.94. The molecule has 1 rings (SSSR count). The molecule has 0 aliphatic carbocycles. The fraction of sp³-hybridized carbons (Fsp3) is 0.286. The molecule has 0 radical (unpaired) electrons. The summed E-state index contributed by atoms with van der Waals surface area (Å²) < 4.78 is 0. The summed E-state index contributed by atoms with van der Waals surface area (Å²) in [5.41, 5.74) is 1.12. The molecule has 0 amide bonds. The number of rotatable bonds is 1. The van der Waals surface area contributed by atoms with Crippen molar-refractivity contribution >= 4 is 17.4 Å². The summed E-state index contributed by atoms with van der Waals surface area (Å²) >= 11 is 5.60. The predicted octanol–water partition coefficient (Wildman–Crippen LogP) is 1.64. The van der Waals surface area contributed by atoms with Gasteiger partial charge in [-0.1, -0.05) is 11.6 Å². The fourth-order valence-electron chi connectivity index (χ4n) is 0.721. The zero-order valence-electron chi connectivity index (χ0n) is 6.26. The second kappa shape index (κ2) is 2.96. The van der Waals surface area contributed by atoms with Crippen molar-refractivity contribution in [3.63, 3.8) is 0 Å². The zero-order chi connectivity index (χ0) is 8.43. The predicted molar refractivity (Wildman–Crippen MR) is 41.8 cm³/mol. The number of carbonyl (C=O) groups is 1. The number of aryl methyl sites for hydroxylation is 1. The maximum Gasteiger partial charge on any atom is 0.163 e. The van der Waals surface area contributed by atoms with Crippen molar-refractivity contribution < 1.29 is 4.79 Å². The minimum Gasteiger partial charge on any atom is -0.294 e. The van der Waals surface area contributed by atoms with E-state index in [1.54, 1.807) is 13.0 Å². The Balaban J connectivity index is 3.23. The van der Waals surface area contributed by atoms with E-state index in [0.717, 1.165) is 0 Å². The second-order valence-electron chi connectivity index (χ2n) is 2.25. The van der Waals surface area contributed by atoms with Gasteiger partial charge in [0, 0.05) is 0 Å². The lowest BCUT2D eigenvalue weighted by molar-refractivity contribution is 0.101. The molecular formula is C7H7ClN2O. The number of halogens is 1. The van der Waals surface area contributed by atoms with Crippen LogP contribution in [0.25, 0.3) is 0 Å². The maximum absolute atomic E-state index is 10.9. The molecule has 1 aromatic heterocycles. The first-order chi connectivity index (χ1) is 5.11. The number of carbonyl (C=O) groups excluding carboxylic acids is 1. The monoisotopic (exact) mass is 170 g/mol. The summed E-state index contributed by atoms with van der Waals surface area (Å²) in [4.78, 5) is 10.9. The highest BCUT2D eigenvalue weighted by Gasteiger charge is 2.06. The van der Waals surface area contributed by atoms with E-state index in [9.17, 15) is 4.79 Å². The molecule has 0 unspecified atom stereocenters. The van der Waals surface area contributed by atoms with Gasteiger partial charge >= 0.3 is 0 Å². The van der Waals surface area contributed by atoms with Gasteiger partial charge in [-0.2, -0.15) is 5.10 Å². The third kappa shape index (κ3) is 1.74. The lowest BCUT2D eigenvalue weighted by Crippen LogP contribution is -1.98. The summed E-state index contributed by atoms with van der Waals surface area (Å²) in [6.45, 7) is 3.21. The summed E-state index contributed by atoms with van der Waals surface area (Å²) in [7, 11) is 0. The summed E-state index contributed by atoms with van der Waals surface area (Å²) in [5.74, 6) is -0.0898. The lowest BCUT2D eigenvalue weighted by atomic mass is 10.2. The number of hydrogen-bond donors (Lipinski definition) is 0. The Labute approximate surface area is 69.4 Å². The van der Waals surface area contributed by atoms with E-state index in [1.165, 1.54) is 6.92 Å². The van der Waals surface area contributed by atoms with Crippen LogP contribution in [0.2, 0.25) is 5.15 Å². The molecule has 0 saturated carbocycles. The molecule has 0 aliphatic heterocycles. The summed E-state index contributed by atoms with van der Waals surface area (Å²) in [6, 6.07) is 1.62. The van der Waals surface area contributed by atoms with E-state index >= 15 is 0 Å². The van der Waals surface area contributed by atoms with E-state index in [2.05, 4.69) is 10.2 Å². The van der Waals surface area contributed by atoms with Gasteiger partial charge in [-0.25, -0.2) is 0 Å². The van der Waals surface area contributed by atoms with Crippen LogP contribution in [0.1, 0.15) is 23.0 Å². The van der Waals surface area contributed by atoms with Crippen molar-refractivity contribution in [2.24, 2.45) is 0 Å². The number of ketones is 1. The molecule has 0 aliphatic rings. The van der Waals surface area contributed by atoms with Crippen molar-refractivity contribution in [3.05, 3.63) is 22.5 Å². The third-order valence-electron chi connectivity index (χ3n) is 1.25. The Morgan fingerprint density at radius 3 is 2.64 bits per heavy atom. The van der Waals surface area contributed by atoms with Crippen molar-refractivity contribution in [2.45, 2.75) is 13.8 Å². The number of Topliss-reactive ketones (excluding diaryl/α,β-unsaturated/α-hetero) is 1. The van der Waals surface area contributed by atoms with Gasteiger partial charge in [-0.3, -0.25) is 4.79 Å². The summed E-state index contributed by atoms with van der Waals surface area (Å²) in [6.07, 6.45) is 0. The van der Waals surface area contributed by atoms with Crippen LogP contribution in [0.3, 0.4) is 0 Å². The van der Waals surface area contributed by atoms with Crippen molar-refractivity contribution in [1.82, 2.24) is 10.2 Å². The Bertz CT molecular complexity index is 298. The SMILES string of the molecule is CC(=O)c1cc(C)nnc1Cl. The molecule has 11 heavy (non-hydrogen) atoms. The number of nitrogens with zero attached hydrogens (tertiary/aromatic N) is 2. The lowest BCUT2D eigenvalue weighted by Gasteiger charge is -1.97. The van der Waals surface area contributed by atoms with E-state index in [1.807, 2.05) is 0 Å². The number of hydrogen-bond acceptors (Lipinski definition) is 3. The van der Waals surface area contributed by atoms with E-state index < -0.39 is 0 Å². The first-order valence-electron chi connectivity index (χ1n) is 3.12. The van der Waals surface area contributed by atoms with E-state index in [-0.39, 0.29) is 10.9 Å². The molecule has 1 aromatic rings. The van der Waals surface area contributed by atoms with Crippen LogP contribution in [0.15, 0.2) is 6.07 Å².